The molecule has 1 aliphatic rings. The van der Waals surface area contributed by atoms with Crippen LogP contribution < -0.4 is 5.32 Å². The molecule has 6 nitrogen and oxygen atoms in total. The maximum atomic E-state index is 11.0. The summed E-state index contributed by atoms with van der Waals surface area (Å²) in [6.07, 6.45) is 0.704. The van der Waals surface area contributed by atoms with E-state index in [1.54, 1.807) is 0 Å². The zero-order valence-corrected chi connectivity index (χ0v) is 13.3. The molecule has 3 rings (SSSR count). The number of benzene rings is 1. The Morgan fingerprint density at radius 1 is 1.45 bits per heavy atom. The molecule has 2 aromatic rings. The molecule has 0 fully saturated rings. The lowest BCUT2D eigenvalue weighted by Crippen LogP contribution is -2.17. The number of nitrogens with zero attached hydrogens (tertiary/aromatic N) is 2. The molecule has 3 N–H and O–H groups in total. The molecule has 1 atom stereocenters. The van der Waals surface area contributed by atoms with Crippen molar-refractivity contribution >= 4 is 50.0 Å². The molecule has 0 radical (unpaired) electrons. The molecule has 1 aromatic carbocycles. The van der Waals surface area contributed by atoms with E-state index in [0.717, 1.165) is 27.5 Å². The standard InChI is InChI=1S/C14H15N3O3S2/c18-5-1-4-15-8-2-3-9-11(6-8)22-13(16-9)12-17-10(7-21-12)14(19)20/h2-3,6,10,15,18H,1,4-5,7H2,(H,19,20). The Bertz CT molecular complexity index is 729. The van der Waals surface area contributed by atoms with E-state index in [1.807, 2.05) is 18.2 Å². The summed E-state index contributed by atoms with van der Waals surface area (Å²) in [7, 11) is 0. The van der Waals surface area contributed by atoms with Crippen molar-refractivity contribution in [2.45, 2.75) is 12.5 Å². The van der Waals surface area contributed by atoms with Gasteiger partial charge >= 0.3 is 5.97 Å². The maximum absolute atomic E-state index is 11.0. The van der Waals surface area contributed by atoms with Crippen molar-refractivity contribution < 1.29 is 15.0 Å². The topological polar surface area (TPSA) is 94.8 Å². The van der Waals surface area contributed by atoms with Crippen molar-refractivity contribution in [3.8, 4) is 0 Å². The molecule has 22 heavy (non-hydrogen) atoms. The van der Waals surface area contributed by atoms with Crippen LogP contribution in [0.2, 0.25) is 0 Å². The molecule has 2 heterocycles. The van der Waals surface area contributed by atoms with Gasteiger partial charge in [0.05, 0.1) is 10.2 Å². The number of hydrogen-bond donors (Lipinski definition) is 3. The minimum Gasteiger partial charge on any atom is -0.480 e. The van der Waals surface area contributed by atoms with Gasteiger partial charge in [0.25, 0.3) is 0 Å². The predicted molar refractivity (Wildman–Crippen MR) is 90.2 cm³/mol. The Labute approximate surface area is 135 Å². The molecule has 116 valence electrons. The van der Waals surface area contributed by atoms with Crippen LogP contribution in [0.15, 0.2) is 23.2 Å². The fourth-order valence-electron chi connectivity index (χ4n) is 2.06. The van der Waals surface area contributed by atoms with Gasteiger partial charge in [0.1, 0.15) is 10.1 Å². The minimum absolute atomic E-state index is 0.168. The van der Waals surface area contributed by atoms with Crippen molar-refractivity contribution in [2.75, 3.05) is 24.2 Å². The third-order valence-corrected chi connectivity index (χ3v) is 5.38. The highest BCUT2D eigenvalue weighted by Crippen LogP contribution is 2.31. The second-order valence-electron chi connectivity index (χ2n) is 4.80. The number of carbonyl (C=O) groups is 1. The molecule has 1 aromatic heterocycles. The molecule has 1 unspecified atom stereocenters. The Morgan fingerprint density at radius 3 is 3.05 bits per heavy atom. The van der Waals surface area contributed by atoms with Gasteiger partial charge in [-0.25, -0.2) is 9.78 Å². The van der Waals surface area contributed by atoms with Gasteiger partial charge in [0.2, 0.25) is 0 Å². The first-order valence-corrected chi connectivity index (χ1v) is 8.66. The third-order valence-electron chi connectivity index (χ3n) is 3.17. The van der Waals surface area contributed by atoms with Crippen LogP contribution in [0.25, 0.3) is 10.2 Å². The number of rotatable bonds is 6. The van der Waals surface area contributed by atoms with E-state index in [0.29, 0.717) is 17.2 Å². The largest absolute Gasteiger partial charge is 0.480 e. The smallest absolute Gasteiger partial charge is 0.329 e. The molecule has 0 bridgehead atoms. The lowest BCUT2D eigenvalue weighted by Gasteiger charge is -2.04. The molecular weight excluding hydrogens is 322 g/mol. The second kappa shape index (κ2) is 6.64. The van der Waals surface area contributed by atoms with Gasteiger partial charge < -0.3 is 15.5 Å². The van der Waals surface area contributed by atoms with Crippen LogP contribution in [0.1, 0.15) is 11.4 Å². The zero-order valence-electron chi connectivity index (χ0n) is 11.7. The third kappa shape index (κ3) is 3.23. The van der Waals surface area contributed by atoms with E-state index >= 15 is 0 Å². The van der Waals surface area contributed by atoms with Crippen LogP contribution in [0.4, 0.5) is 5.69 Å². The molecule has 0 amide bonds. The number of anilines is 1. The van der Waals surface area contributed by atoms with E-state index in [9.17, 15) is 4.79 Å². The number of hydrogen-bond acceptors (Lipinski definition) is 7. The van der Waals surface area contributed by atoms with Crippen LogP contribution in [0.5, 0.6) is 0 Å². The second-order valence-corrected chi connectivity index (χ2v) is 6.84. The molecule has 0 aliphatic carbocycles. The number of aliphatic hydroxyl groups excluding tert-OH is 1. The summed E-state index contributed by atoms with van der Waals surface area (Å²) in [5.41, 5.74) is 1.87. The monoisotopic (exact) mass is 337 g/mol. The van der Waals surface area contributed by atoms with Gasteiger partial charge in [0.15, 0.2) is 6.04 Å². The Hall–Kier alpha value is -1.64. The molecule has 0 spiro atoms. The average Bonchev–Trinajstić information content (AvgIpc) is 3.13. The van der Waals surface area contributed by atoms with E-state index in [4.69, 9.17) is 10.2 Å². The number of carboxylic acids is 1. The number of thiazole rings is 1. The van der Waals surface area contributed by atoms with Crippen molar-refractivity contribution in [2.24, 2.45) is 4.99 Å². The van der Waals surface area contributed by atoms with Crippen molar-refractivity contribution in [1.82, 2.24) is 4.98 Å². The van der Waals surface area contributed by atoms with Crippen LogP contribution in [0.3, 0.4) is 0 Å². The van der Waals surface area contributed by atoms with Crippen LogP contribution in [-0.4, -0.2) is 51.2 Å². The van der Waals surface area contributed by atoms with Crippen molar-refractivity contribution in [3.05, 3.63) is 23.2 Å². The maximum Gasteiger partial charge on any atom is 0.329 e. The molecule has 0 saturated heterocycles. The SMILES string of the molecule is O=C(O)C1CSC(c2nc3ccc(NCCCO)cc3s2)=N1. The van der Waals surface area contributed by atoms with Gasteiger partial charge in [-0.15, -0.1) is 23.1 Å². The Morgan fingerprint density at radius 2 is 2.32 bits per heavy atom. The van der Waals surface area contributed by atoms with E-state index in [-0.39, 0.29) is 6.61 Å². The average molecular weight is 337 g/mol. The van der Waals surface area contributed by atoms with Gasteiger partial charge in [-0.3, -0.25) is 4.99 Å². The van der Waals surface area contributed by atoms with Crippen LogP contribution in [0, 0.1) is 0 Å². The summed E-state index contributed by atoms with van der Waals surface area (Å²) in [4.78, 5) is 19.7. The summed E-state index contributed by atoms with van der Waals surface area (Å²) in [6, 6.07) is 5.24. The summed E-state index contributed by atoms with van der Waals surface area (Å²) >= 11 is 2.96. The van der Waals surface area contributed by atoms with E-state index in [1.165, 1.54) is 23.1 Å². The number of aliphatic carboxylic acids is 1. The predicted octanol–water partition coefficient (Wildman–Crippen LogP) is 2.04. The molecule has 1 aliphatic heterocycles. The number of carboxylic acid groups (broad SMARTS) is 1. The zero-order chi connectivity index (χ0) is 15.5. The Balaban J connectivity index is 1.81. The normalized spacial score (nSPS) is 17.7. The van der Waals surface area contributed by atoms with Crippen LogP contribution >= 0.6 is 23.1 Å². The number of nitrogens with one attached hydrogen (secondary N) is 1. The number of aliphatic hydroxyl groups is 1. The van der Waals surface area contributed by atoms with E-state index < -0.39 is 12.0 Å². The highest BCUT2D eigenvalue weighted by atomic mass is 32.2. The quantitative estimate of drug-likeness (QED) is 0.698. The number of aliphatic imine (C=N–C) groups is 1. The van der Waals surface area contributed by atoms with Crippen molar-refractivity contribution in [1.29, 1.82) is 0 Å². The fourth-order valence-corrected chi connectivity index (χ4v) is 4.16. The highest BCUT2D eigenvalue weighted by molar-refractivity contribution is 8.15. The Kier molecular flexibility index (Phi) is 4.60. The lowest BCUT2D eigenvalue weighted by atomic mass is 10.3. The van der Waals surface area contributed by atoms with Gasteiger partial charge in [0, 0.05) is 24.6 Å². The van der Waals surface area contributed by atoms with Crippen LogP contribution in [-0.2, 0) is 4.79 Å². The lowest BCUT2D eigenvalue weighted by molar-refractivity contribution is -0.137. The summed E-state index contributed by atoms with van der Waals surface area (Å²) in [5.74, 6) is -0.423. The van der Waals surface area contributed by atoms with Gasteiger partial charge in [-0.2, -0.15) is 0 Å². The summed E-state index contributed by atoms with van der Waals surface area (Å²) in [5, 5.41) is 22.5. The molecule has 8 heteroatoms. The first kappa shape index (κ1) is 15.3. The fraction of sp³-hybridized carbons (Fsp3) is 0.357. The number of thioether (sulfide) groups is 1. The van der Waals surface area contributed by atoms with Gasteiger partial charge in [-0.1, -0.05) is 0 Å². The number of aromatic nitrogens is 1. The van der Waals surface area contributed by atoms with Crippen molar-refractivity contribution in [3.63, 3.8) is 0 Å². The van der Waals surface area contributed by atoms with Gasteiger partial charge in [-0.05, 0) is 24.6 Å². The number of fused-ring (bicyclic) bond motifs is 1. The van der Waals surface area contributed by atoms with E-state index in [2.05, 4.69) is 15.3 Å². The highest BCUT2D eigenvalue weighted by Gasteiger charge is 2.26. The minimum atomic E-state index is -0.890. The summed E-state index contributed by atoms with van der Waals surface area (Å²) in [6.45, 7) is 0.887. The first-order chi connectivity index (χ1) is 10.7. The first-order valence-electron chi connectivity index (χ1n) is 6.86. The molecular formula is C14H15N3O3S2. The summed E-state index contributed by atoms with van der Waals surface area (Å²) < 4.78 is 1.03. The molecule has 0 saturated carbocycles.